The predicted octanol–water partition coefficient (Wildman–Crippen LogP) is 0.486. The minimum Gasteiger partial charge on any atom is -0.355 e. The van der Waals surface area contributed by atoms with E-state index in [0.29, 0.717) is 19.0 Å². The fourth-order valence-corrected chi connectivity index (χ4v) is 2.33. The molecule has 0 atom stereocenters. The van der Waals surface area contributed by atoms with Gasteiger partial charge < -0.3 is 15.2 Å². The molecule has 1 saturated heterocycles. The van der Waals surface area contributed by atoms with Gasteiger partial charge in [0.2, 0.25) is 5.91 Å². The Hall–Kier alpha value is -1.36. The van der Waals surface area contributed by atoms with Gasteiger partial charge >= 0.3 is 0 Å². The van der Waals surface area contributed by atoms with Crippen LogP contribution in [0.15, 0.2) is 12.5 Å². The molecule has 1 aromatic heterocycles. The molecule has 1 fully saturated rings. The van der Waals surface area contributed by atoms with E-state index in [1.165, 1.54) is 5.69 Å². The van der Waals surface area contributed by atoms with Crippen LogP contribution < -0.4 is 10.6 Å². The summed E-state index contributed by atoms with van der Waals surface area (Å²) in [5, 5.41) is 6.16. The Morgan fingerprint density at radius 3 is 3.06 bits per heavy atom. The summed E-state index contributed by atoms with van der Waals surface area (Å²) >= 11 is 0. The first-order chi connectivity index (χ1) is 8.31. The smallest absolute Gasteiger partial charge is 0.239 e. The number of amides is 1. The Labute approximate surface area is 102 Å². The number of piperidine rings is 1. The van der Waals surface area contributed by atoms with Crippen molar-refractivity contribution in [2.24, 2.45) is 0 Å². The summed E-state index contributed by atoms with van der Waals surface area (Å²) in [6.07, 6.45) is 5.91. The van der Waals surface area contributed by atoms with Crippen molar-refractivity contribution in [2.45, 2.75) is 32.2 Å². The van der Waals surface area contributed by atoms with Gasteiger partial charge in [-0.3, -0.25) is 4.79 Å². The molecule has 0 saturated carbocycles. The summed E-state index contributed by atoms with van der Waals surface area (Å²) in [5.74, 6) is 0.592. The molecule has 0 aromatic carbocycles. The fourth-order valence-electron chi connectivity index (χ4n) is 2.33. The highest BCUT2D eigenvalue weighted by molar-refractivity contribution is 5.75. The highest BCUT2D eigenvalue weighted by atomic mass is 16.1. The monoisotopic (exact) mass is 236 g/mol. The standard InChI is InChI=1S/C12H20N4O/c1-2-15-12(17)8-16-9-14-7-11(16)10-3-5-13-6-4-10/h7,9-10,13H,2-6,8H2,1H3,(H,15,17). The lowest BCUT2D eigenvalue weighted by molar-refractivity contribution is -0.121. The maximum atomic E-state index is 11.6. The van der Waals surface area contributed by atoms with Crippen LogP contribution in [0.1, 0.15) is 31.4 Å². The maximum Gasteiger partial charge on any atom is 0.239 e. The normalized spacial score (nSPS) is 17.0. The summed E-state index contributed by atoms with van der Waals surface area (Å²) in [5.41, 5.74) is 1.19. The summed E-state index contributed by atoms with van der Waals surface area (Å²) in [7, 11) is 0. The van der Waals surface area contributed by atoms with Crippen LogP contribution >= 0.6 is 0 Å². The molecule has 2 N–H and O–H groups in total. The zero-order valence-corrected chi connectivity index (χ0v) is 10.3. The number of hydrogen-bond donors (Lipinski definition) is 2. The van der Waals surface area contributed by atoms with Crippen LogP contribution in [0.4, 0.5) is 0 Å². The highest BCUT2D eigenvalue weighted by Gasteiger charge is 2.19. The van der Waals surface area contributed by atoms with Gasteiger partial charge in [-0.1, -0.05) is 0 Å². The van der Waals surface area contributed by atoms with Gasteiger partial charge in [-0.25, -0.2) is 4.98 Å². The Balaban J connectivity index is 2.02. The number of nitrogens with zero attached hydrogens (tertiary/aromatic N) is 2. The largest absolute Gasteiger partial charge is 0.355 e. The van der Waals surface area contributed by atoms with E-state index < -0.39 is 0 Å². The van der Waals surface area contributed by atoms with Crippen LogP contribution in [-0.2, 0) is 11.3 Å². The van der Waals surface area contributed by atoms with Gasteiger partial charge in [-0.2, -0.15) is 0 Å². The van der Waals surface area contributed by atoms with Crippen LogP contribution in [0.3, 0.4) is 0 Å². The third-order valence-electron chi connectivity index (χ3n) is 3.19. The number of likely N-dealkylation sites (N-methyl/N-ethyl adjacent to an activating group) is 1. The predicted molar refractivity (Wildman–Crippen MR) is 65.8 cm³/mol. The number of rotatable bonds is 4. The quantitative estimate of drug-likeness (QED) is 0.799. The molecule has 17 heavy (non-hydrogen) atoms. The zero-order chi connectivity index (χ0) is 12.1. The molecule has 0 bridgehead atoms. The lowest BCUT2D eigenvalue weighted by Crippen LogP contribution is -2.30. The third-order valence-corrected chi connectivity index (χ3v) is 3.19. The van der Waals surface area contributed by atoms with E-state index in [1.54, 1.807) is 6.33 Å². The second-order valence-electron chi connectivity index (χ2n) is 4.42. The number of carbonyl (C=O) groups excluding carboxylic acids is 1. The SMILES string of the molecule is CCNC(=O)Cn1cncc1C1CCNCC1. The molecule has 0 radical (unpaired) electrons. The number of hydrogen-bond acceptors (Lipinski definition) is 3. The van der Waals surface area contributed by atoms with E-state index in [4.69, 9.17) is 0 Å². The fraction of sp³-hybridized carbons (Fsp3) is 0.667. The number of imidazole rings is 1. The summed E-state index contributed by atoms with van der Waals surface area (Å²) in [6, 6.07) is 0. The third kappa shape index (κ3) is 3.06. The van der Waals surface area contributed by atoms with Crippen molar-refractivity contribution in [1.29, 1.82) is 0 Å². The maximum absolute atomic E-state index is 11.6. The van der Waals surface area contributed by atoms with E-state index in [-0.39, 0.29) is 5.91 Å². The summed E-state index contributed by atoms with van der Waals surface area (Å²) in [4.78, 5) is 15.7. The number of nitrogens with one attached hydrogen (secondary N) is 2. The molecule has 0 unspecified atom stereocenters. The van der Waals surface area contributed by atoms with Gasteiger partial charge in [-0.05, 0) is 32.9 Å². The molecule has 1 aromatic rings. The Bertz CT molecular complexity index is 368. The molecule has 94 valence electrons. The van der Waals surface area contributed by atoms with Crippen LogP contribution in [0, 0.1) is 0 Å². The van der Waals surface area contributed by atoms with E-state index >= 15 is 0 Å². The topological polar surface area (TPSA) is 59.0 Å². The minimum atomic E-state index is 0.0562. The molecule has 1 aliphatic rings. The molecule has 2 heterocycles. The molecule has 0 spiro atoms. The second-order valence-corrected chi connectivity index (χ2v) is 4.42. The lowest BCUT2D eigenvalue weighted by atomic mass is 9.95. The average molecular weight is 236 g/mol. The molecular formula is C12H20N4O. The molecule has 1 amide bonds. The lowest BCUT2D eigenvalue weighted by Gasteiger charge is -2.23. The molecule has 5 nitrogen and oxygen atoms in total. The van der Waals surface area contributed by atoms with Gasteiger partial charge in [0, 0.05) is 24.4 Å². The van der Waals surface area contributed by atoms with Crippen LogP contribution in [-0.4, -0.2) is 35.1 Å². The van der Waals surface area contributed by atoms with Crippen LogP contribution in [0.25, 0.3) is 0 Å². The Morgan fingerprint density at radius 2 is 2.35 bits per heavy atom. The molecule has 5 heteroatoms. The van der Waals surface area contributed by atoms with Gasteiger partial charge in [0.1, 0.15) is 6.54 Å². The van der Waals surface area contributed by atoms with Crippen molar-refractivity contribution in [3.63, 3.8) is 0 Å². The first kappa shape index (κ1) is 12.1. The van der Waals surface area contributed by atoms with Gasteiger partial charge in [0.15, 0.2) is 0 Å². The Kier molecular flexibility index (Phi) is 4.14. The van der Waals surface area contributed by atoms with Gasteiger partial charge in [-0.15, -0.1) is 0 Å². The van der Waals surface area contributed by atoms with E-state index in [9.17, 15) is 4.79 Å². The molecule has 1 aliphatic heterocycles. The van der Waals surface area contributed by atoms with E-state index in [0.717, 1.165) is 25.9 Å². The summed E-state index contributed by atoms with van der Waals surface area (Å²) in [6.45, 7) is 5.09. The number of carbonyl (C=O) groups is 1. The minimum absolute atomic E-state index is 0.0562. The van der Waals surface area contributed by atoms with Crippen molar-refractivity contribution in [3.8, 4) is 0 Å². The molecule has 0 aliphatic carbocycles. The summed E-state index contributed by atoms with van der Waals surface area (Å²) < 4.78 is 1.97. The Morgan fingerprint density at radius 1 is 1.59 bits per heavy atom. The number of aromatic nitrogens is 2. The molecule has 2 rings (SSSR count). The van der Waals surface area contributed by atoms with E-state index in [2.05, 4.69) is 15.6 Å². The first-order valence-electron chi connectivity index (χ1n) is 6.28. The van der Waals surface area contributed by atoms with Crippen LogP contribution in [0.5, 0.6) is 0 Å². The van der Waals surface area contributed by atoms with Crippen molar-refractivity contribution in [1.82, 2.24) is 20.2 Å². The second kappa shape index (κ2) is 5.82. The zero-order valence-electron chi connectivity index (χ0n) is 10.3. The van der Waals surface area contributed by atoms with Crippen molar-refractivity contribution in [2.75, 3.05) is 19.6 Å². The van der Waals surface area contributed by atoms with Gasteiger partial charge in [0.25, 0.3) is 0 Å². The van der Waals surface area contributed by atoms with Crippen molar-refractivity contribution < 1.29 is 4.79 Å². The first-order valence-corrected chi connectivity index (χ1v) is 6.28. The van der Waals surface area contributed by atoms with Crippen molar-refractivity contribution >= 4 is 5.91 Å². The van der Waals surface area contributed by atoms with Gasteiger partial charge in [0.05, 0.1) is 6.33 Å². The molecular weight excluding hydrogens is 216 g/mol. The van der Waals surface area contributed by atoms with E-state index in [1.807, 2.05) is 17.7 Å². The highest BCUT2D eigenvalue weighted by Crippen LogP contribution is 2.24. The average Bonchev–Trinajstić information content (AvgIpc) is 2.78. The van der Waals surface area contributed by atoms with Crippen LogP contribution in [0.2, 0.25) is 0 Å². The van der Waals surface area contributed by atoms with Crippen molar-refractivity contribution in [3.05, 3.63) is 18.2 Å².